The highest BCUT2D eigenvalue weighted by atomic mass is 35.5. The lowest BCUT2D eigenvalue weighted by Gasteiger charge is -2.06. The Balaban J connectivity index is 2.56. The molecule has 5 heteroatoms. The van der Waals surface area contributed by atoms with Gasteiger partial charge in [-0.15, -0.1) is 0 Å². The first-order valence-electron chi connectivity index (χ1n) is 4.85. The molecule has 0 amide bonds. The molecule has 1 aromatic rings. The molecule has 1 N–H and O–H groups in total. The van der Waals surface area contributed by atoms with Crippen molar-refractivity contribution < 1.29 is 13.5 Å². The summed E-state index contributed by atoms with van der Waals surface area (Å²) in [5.41, 5.74) is 0.600. The second kappa shape index (κ2) is 3.87. The first kappa shape index (κ1) is 11.6. The minimum atomic E-state index is -3.50. The number of benzene rings is 1. The van der Waals surface area contributed by atoms with E-state index in [2.05, 4.69) is 0 Å². The molecule has 16 heavy (non-hydrogen) atoms. The third-order valence-corrected chi connectivity index (χ3v) is 4.82. The maximum Gasteiger partial charge on any atom is 0.204 e. The predicted molar refractivity (Wildman–Crippen MR) is 62.9 cm³/mol. The molecule has 0 spiro atoms. The summed E-state index contributed by atoms with van der Waals surface area (Å²) in [6, 6.07) is 4.96. The molecule has 0 fully saturated rings. The van der Waals surface area contributed by atoms with Crippen molar-refractivity contribution in [2.75, 3.05) is 0 Å². The van der Waals surface area contributed by atoms with E-state index in [1.807, 2.05) is 0 Å². The molecule has 1 aliphatic heterocycles. The van der Waals surface area contributed by atoms with E-state index in [9.17, 15) is 13.5 Å². The lowest BCUT2D eigenvalue weighted by Crippen LogP contribution is -2.08. The van der Waals surface area contributed by atoms with Crippen LogP contribution in [0, 0.1) is 0 Å². The van der Waals surface area contributed by atoms with E-state index in [1.54, 1.807) is 31.2 Å². The zero-order valence-electron chi connectivity index (χ0n) is 8.64. The van der Waals surface area contributed by atoms with Gasteiger partial charge in [0, 0.05) is 6.42 Å². The van der Waals surface area contributed by atoms with Crippen LogP contribution in [0.4, 0.5) is 0 Å². The zero-order valence-corrected chi connectivity index (χ0v) is 10.2. The summed E-state index contributed by atoms with van der Waals surface area (Å²) in [5, 5.41) is 9.49. The molecule has 1 aromatic carbocycles. The van der Waals surface area contributed by atoms with Gasteiger partial charge in [-0.1, -0.05) is 23.7 Å². The van der Waals surface area contributed by atoms with Gasteiger partial charge < -0.3 is 5.11 Å². The highest BCUT2D eigenvalue weighted by Crippen LogP contribution is 2.39. The van der Waals surface area contributed by atoms with Gasteiger partial charge in [0.2, 0.25) is 9.84 Å². The van der Waals surface area contributed by atoms with Gasteiger partial charge in [-0.2, -0.15) is 0 Å². The Morgan fingerprint density at radius 2 is 2.12 bits per heavy atom. The number of aliphatic hydroxyl groups is 1. The van der Waals surface area contributed by atoms with E-state index in [4.69, 9.17) is 11.6 Å². The number of hydrogen-bond acceptors (Lipinski definition) is 3. The van der Waals surface area contributed by atoms with Crippen molar-refractivity contribution in [3.05, 3.63) is 33.7 Å². The fraction of sp³-hybridized carbons (Fsp3) is 0.273. The molecular formula is C11H11ClO3S. The number of halogens is 1. The maximum atomic E-state index is 12.1. The van der Waals surface area contributed by atoms with Crippen molar-refractivity contribution >= 4 is 27.5 Å². The SMILES string of the molecule is CC(O)CC1=Cc2cccc(Cl)c2S1(=O)=O. The van der Waals surface area contributed by atoms with Crippen molar-refractivity contribution in [1.29, 1.82) is 0 Å². The van der Waals surface area contributed by atoms with E-state index < -0.39 is 15.9 Å². The van der Waals surface area contributed by atoms with Crippen molar-refractivity contribution in [3.8, 4) is 0 Å². The van der Waals surface area contributed by atoms with E-state index >= 15 is 0 Å². The number of fused-ring (bicyclic) bond motifs is 1. The Morgan fingerprint density at radius 1 is 1.44 bits per heavy atom. The fourth-order valence-corrected chi connectivity index (χ4v) is 4.02. The van der Waals surface area contributed by atoms with Crippen LogP contribution in [0.5, 0.6) is 0 Å². The minimum Gasteiger partial charge on any atom is -0.393 e. The number of rotatable bonds is 2. The Bertz CT molecular complexity index is 559. The van der Waals surface area contributed by atoms with Crippen LogP contribution >= 0.6 is 11.6 Å². The minimum absolute atomic E-state index is 0.118. The normalized spacial score (nSPS) is 19.1. The van der Waals surface area contributed by atoms with Crippen LogP contribution in [0.25, 0.3) is 6.08 Å². The predicted octanol–water partition coefficient (Wildman–Crippen LogP) is 2.24. The lowest BCUT2D eigenvalue weighted by atomic mass is 10.2. The Morgan fingerprint density at radius 3 is 2.69 bits per heavy atom. The third-order valence-electron chi connectivity index (χ3n) is 2.42. The van der Waals surface area contributed by atoms with Crippen LogP contribution in [0.3, 0.4) is 0 Å². The van der Waals surface area contributed by atoms with Gasteiger partial charge in [0.25, 0.3) is 0 Å². The molecule has 1 heterocycles. The summed E-state index contributed by atoms with van der Waals surface area (Å²) in [4.78, 5) is 0.387. The summed E-state index contributed by atoms with van der Waals surface area (Å²) in [7, 11) is -3.50. The monoisotopic (exact) mass is 258 g/mol. The van der Waals surface area contributed by atoms with E-state index in [-0.39, 0.29) is 21.2 Å². The van der Waals surface area contributed by atoms with Gasteiger partial charge in [0.15, 0.2) is 0 Å². The fourth-order valence-electron chi connectivity index (χ4n) is 1.76. The molecule has 1 aliphatic rings. The highest BCUT2D eigenvalue weighted by molar-refractivity contribution is 7.96. The second-order valence-electron chi connectivity index (χ2n) is 3.83. The lowest BCUT2D eigenvalue weighted by molar-refractivity contribution is 0.197. The van der Waals surface area contributed by atoms with Crippen LogP contribution in [-0.2, 0) is 9.84 Å². The molecule has 0 aromatic heterocycles. The van der Waals surface area contributed by atoms with Crippen molar-refractivity contribution in [2.45, 2.75) is 24.3 Å². The largest absolute Gasteiger partial charge is 0.393 e. The van der Waals surface area contributed by atoms with Crippen molar-refractivity contribution in [3.63, 3.8) is 0 Å². The summed E-state index contributed by atoms with van der Waals surface area (Å²) in [6.07, 6.45) is 1.01. The molecule has 0 bridgehead atoms. The Kier molecular flexibility index (Phi) is 2.82. The average Bonchev–Trinajstić information content (AvgIpc) is 2.38. The number of sulfone groups is 1. The highest BCUT2D eigenvalue weighted by Gasteiger charge is 2.31. The van der Waals surface area contributed by atoms with Gasteiger partial charge in [0.05, 0.1) is 20.9 Å². The summed E-state index contributed by atoms with van der Waals surface area (Å²) < 4.78 is 24.2. The van der Waals surface area contributed by atoms with Gasteiger partial charge in [0.1, 0.15) is 0 Å². The molecule has 0 aliphatic carbocycles. The van der Waals surface area contributed by atoms with E-state index in [0.717, 1.165) is 0 Å². The van der Waals surface area contributed by atoms with Gasteiger partial charge in [-0.05, 0) is 24.6 Å². The molecule has 1 unspecified atom stereocenters. The molecule has 1 atom stereocenters. The van der Waals surface area contributed by atoms with Crippen LogP contribution in [0.2, 0.25) is 5.02 Å². The number of aliphatic hydroxyl groups excluding tert-OH is 1. The molecule has 0 saturated heterocycles. The quantitative estimate of drug-likeness (QED) is 0.885. The molecule has 3 nitrogen and oxygen atoms in total. The van der Waals surface area contributed by atoms with Crippen LogP contribution < -0.4 is 0 Å². The summed E-state index contributed by atoms with van der Waals surface area (Å²) >= 11 is 5.88. The van der Waals surface area contributed by atoms with Crippen molar-refractivity contribution in [2.24, 2.45) is 0 Å². The van der Waals surface area contributed by atoms with Gasteiger partial charge >= 0.3 is 0 Å². The molecular weight excluding hydrogens is 248 g/mol. The van der Waals surface area contributed by atoms with E-state index in [0.29, 0.717) is 5.56 Å². The third kappa shape index (κ3) is 1.77. The summed E-state index contributed by atoms with van der Waals surface area (Å²) in [6.45, 7) is 1.56. The molecule has 2 rings (SSSR count). The van der Waals surface area contributed by atoms with Crippen LogP contribution in [0.1, 0.15) is 18.9 Å². The van der Waals surface area contributed by atoms with Crippen LogP contribution in [0.15, 0.2) is 28.0 Å². The van der Waals surface area contributed by atoms with Gasteiger partial charge in [-0.25, -0.2) is 8.42 Å². The zero-order chi connectivity index (χ0) is 11.9. The van der Waals surface area contributed by atoms with Gasteiger partial charge in [-0.3, -0.25) is 0 Å². The second-order valence-corrected chi connectivity index (χ2v) is 6.17. The molecule has 86 valence electrons. The topological polar surface area (TPSA) is 54.4 Å². The molecule has 0 saturated carbocycles. The Labute approximate surface area is 99.3 Å². The first-order chi connectivity index (χ1) is 7.43. The van der Waals surface area contributed by atoms with Crippen LogP contribution in [-0.4, -0.2) is 19.6 Å². The average molecular weight is 259 g/mol. The van der Waals surface area contributed by atoms with Crippen molar-refractivity contribution in [1.82, 2.24) is 0 Å². The first-order valence-corrected chi connectivity index (χ1v) is 6.71. The number of hydrogen-bond donors (Lipinski definition) is 1. The Hall–Kier alpha value is -0.840. The standard InChI is InChI=1S/C11H11ClO3S/c1-7(13)5-9-6-8-3-2-4-10(12)11(8)16(9,14)15/h2-4,6-7,13H,5H2,1H3. The maximum absolute atomic E-state index is 12.1. The summed E-state index contributed by atoms with van der Waals surface area (Å²) in [5.74, 6) is 0. The van der Waals surface area contributed by atoms with E-state index in [1.165, 1.54) is 0 Å². The smallest absolute Gasteiger partial charge is 0.204 e. The molecule has 0 radical (unpaired) electrons.